The lowest BCUT2D eigenvalue weighted by Gasteiger charge is -2.22. The van der Waals surface area contributed by atoms with Crippen LogP contribution in [0.5, 0.6) is 0 Å². The van der Waals surface area contributed by atoms with E-state index in [1.54, 1.807) is 40.6 Å². The fraction of sp³-hybridized carbons (Fsp3) is 0.292. The number of rotatable bonds is 3. The minimum absolute atomic E-state index is 0.0301. The molecule has 8 nitrogen and oxygen atoms in total. The van der Waals surface area contributed by atoms with Crippen LogP contribution < -0.4 is 10.9 Å². The Morgan fingerprint density at radius 2 is 1.44 bits per heavy atom. The minimum atomic E-state index is -0.329. The summed E-state index contributed by atoms with van der Waals surface area (Å²) in [6.45, 7) is 3.76. The molecule has 166 valence electrons. The first kappa shape index (κ1) is 21.4. The van der Waals surface area contributed by atoms with Crippen LogP contribution in [0.1, 0.15) is 22.5 Å². The zero-order chi connectivity index (χ0) is 22.7. The first-order valence-electron chi connectivity index (χ1n) is 10.7. The SMILES string of the molecule is Cc1c(NC(=O)N2CCCN(C(=O)c3ccccc3)CC2)c(=O)n(-c2ccccc2)n1C. The van der Waals surface area contributed by atoms with Gasteiger partial charge in [0, 0.05) is 38.8 Å². The molecule has 0 radical (unpaired) electrons. The number of nitrogens with one attached hydrogen (secondary N) is 1. The maximum atomic E-state index is 13.1. The van der Waals surface area contributed by atoms with Crippen molar-refractivity contribution in [1.82, 2.24) is 19.2 Å². The van der Waals surface area contributed by atoms with Gasteiger partial charge >= 0.3 is 6.03 Å². The van der Waals surface area contributed by atoms with Crippen LogP contribution in [0, 0.1) is 6.92 Å². The lowest BCUT2D eigenvalue weighted by Crippen LogP contribution is -2.40. The van der Waals surface area contributed by atoms with Gasteiger partial charge in [-0.15, -0.1) is 0 Å². The van der Waals surface area contributed by atoms with E-state index in [4.69, 9.17) is 0 Å². The molecule has 0 saturated carbocycles. The summed E-state index contributed by atoms with van der Waals surface area (Å²) in [6, 6.07) is 18.1. The number of carbonyl (C=O) groups is 2. The maximum absolute atomic E-state index is 13.1. The average Bonchev–Trinajstić information content (AvgIpc) is 3.00. The highest BCUT2D eigenvalue weighted by molar-refractivity contribution is 5.94. The maximum Gasteiger partial charge on any atom is 0.322 e. The van der Waals surface area contributed by atoms with Crippen LogP contribution in [0.3, 0.4) is 0 Å². The van der Waals surface area contributed by atoms with Gasteiger partial charge in [0.1, 0.15) is 5.69 Å². The molecule has 2 heterocycles. The molecule has 3 aromatic rings. The fourth-order valence-corrected chi connectivity index (χ4v) is 3.99. The number of nitrogens with zero attached hydrogens (tertiary/aromatic N) is 4. The Morgan fingerprint density at radius 3 is 2.12 bits per heavy atom. The van der Waals surface area contributed by atoms with Gasteiger partial charge in [0.2, 0.25) is 0 Å². The van der Waals surface area contributed by atoms with Crippen molar-refractivity contribution in [3.8, 4) is 5.69 Å². The molecule has 1 fully saturated rings. The van der Waals surface area contributed by atoms with Crippen LogP contribution in [0.4, 0.5) is 10.5 Å². The van der Waals surface area contributed by atoms with Crippen LogP contribution in [0.2, 0.25) is 0 Å². The molecular weight excluding hydrogens is 406 g/mol. The fourth-order valence-electron chi connectivity index (χ4n) is 3.99. The van der Waals surface area contributed by atoms with Crippen LogP contribution in [0.25, 0.3) is 5.69 Å². The summed E-state index contributed by atoms with van der Waals surface area (Å²) in [5.41, 5.74) is 2.03. The summed E-state index contributed by atoms with van der Waals surface area (Å²) in [7, 11) is 1.79. The van der Waals surface area contributed by atoms with Crippen molar-refractivity contribution in [2.45, 2.75) is 13.3 Å². The third-order valence-electron chi connectivity index (χ3n) is 5.88. The molecule has 0 unspecified atom stereocenters. The average molecular weight is 434 g/mol. The lowest BCUT2D eigenvalue weighted by atomic mass is 10.2. The molecule has 3 amide bonds. The zero-order valence-corrected chi connectivity index (χ0v) is 18.3. The molecular formula is C24H27N5O3. The molecule has 1 N–H and O–H groups in total. The molecule has 2 aromatic carbocycles. The summed E-state index contributed by atoms with van der Waals surface area (Å²) in [6.07, 6.45) is 0.675. The van der Waals surface area contributed by atoms with E-state index in [9.17, 15) is 14.4 Å². The summed E-state index contributed by atoms with van der Waals surface area (Å²) >= 11 is 0. The zero-order valence-electron chi connectivity index (χ0n) is 18.3. The van der Waals surface area contributed by atoms with E-state index < -0.39 is 0 Å². The second-order valence-electron chi connectivity index (χ2n) is 7.87. The van der Waals surface area contributed by atoms with Gasteiger partial charge in [0.05, 0.1) is 11.4 Å². The Labute approximate surface area is 186 Å². The number of benzene rings is 2. The van der Waals surface area contributed by atoms with Crippen LogP contribution in [-0.2, 0) is 7.05 Å². The van der Waals surface area contributed by atoms with E-state index in [1.165, 1.54) is 4.68 Å². The van der Waals surface area contributed by atoms with Gasteiger partial charge in [-0.1, -0.05) is 36.4 Å². The molecule has 0 aliphatic carbocycles. The number of hydrogen-bond donors (Lipinski definition) is 1. The number of hydrogen-bond acceptors (Lipinski definition) is 3. The number of carbonyl (C=O) groups excluding carboxylic acids is 2. The summed E-state index contributed by atoms with van der Waals surface area (Å²) in [4.78, 5) is 42.2. The normalized spacial score (nSPS) is 14.2. The van der Waals surface area contributed by atoms with Gasteiger partial charge in [0.25, 0.3) is 11.5 Å². The van der Waals surface area contributed by atoms with E-state index in [0.29, 0.717) is 43.9 Å². The molecule has 1 aromatic heterocycles. The lowest BCUT2D eigenvalue weighted by molar-refractivity contribution is 0.0762. The smallest absolute Gasteiger partial charge is 0.322 e. The highest BCUT2D eigenvalue weighted by atomic mass is 16.2. The molecule has 0 spiro atoms. The van der Waals surface area contributed by atoms with E-state index >= 15 is 0 Å². The predicted molar refractivity (Wildman–Crippen MR) is 123 cm³/mol. The van der Waals surface area contributed by atoms with E-state index in [0.717, 1.165) is 5.69 Å². The van der Waals surface area contributed by atoms with Gasteiger partial charge in [-0.3, -0.25) is 14.3 Å². The Balaban J connectivity index is 1.47. The third-order valence-corrected chi connectivity index (χ3v) is 5.88. The number of urea groups is 1. The van der Waals surface area contributed by atoms with Crippen LogP contribution in [0.15, 0.2) is 65.5 Å². The van der Waals surface area contributed by atoms with Crippen molar-refractivity contribution < 1.29 is 9.59 Å². The monoisotopic (exact) mass is 433 g/mol. The highest BCUT2D eigenvalue weighted by Crippen LogP contribution is 2.16. The van der Waals surface area contributed by atoms with Crippen molar-refractivity contribution in [3.63, 3.8) is 0 Å². The highest BCUT2D eigenvalue weighted by Gasteiger charge is 2.25. The van der Waals surface area contributed by atoms with E-state index in [2.05, 4.69) is 5.32 Å². The first-order chi connectivity index (χ1) is 15.5. The third kappa shape index (κ3) is 4.16. The second-order valence-corrected chi connectivity index (χ2v) is 7.87. The Morgan fingerprint density at radius 1 is 0.844 bits per heavy atom. The van der Waals surface area contributed by atoms with Gasteiger partial charge in [-0.2, -0.15) is 0 Å². The molecule has 1 saturated heterocycles. The van der Waals surface area contributed by atoms with Crippen LogP contribution >= 0.6 is 0 Å². The number of amides is 3. The van der Waals surface area contributed by atoms with Crippen LogP contribution in [-0.4, -0.2) is 57.3 Å². The molecule has 1 aliphatic heterocycles. The molecule has 4 rings (SSSR count). The summed E-state index contributed by atoms with van der Waals surface area (Å²) in [5, 5.41) is 2.81. The van der Waals surface area contributed by atoms with E-state index in [1.807, 2.05) is 48.5 Å². The first-order valence-corrected chi connectivity index (χ1v) is 10.7. The van der Waals surface area contributed by atoms with Crippen molar-refractivity contribution in [1.29, 1.82) is 0 Å². The Hall–Kier alpha value is -3.81. The Kier molecular flexibility index (Phi) is 6.11. The topological polar surface area (TPSA) is 79.6 Å². The summed E-state index contributed by atoms with van der Waals surface area (Å²) < 4.78 is 3.27. The van der Waals surface area contributed by atoms with Gasteiger partial charge in [-0.05, 0) is 37.6 Å². The van der Waals surface area contributed by atoms with Crippen molar-refractivity contribution in [3.05, 3.63) is 82.3 Å². The summed E-state index contributed by atoms with van der Waals surface area (Å²) in [5.74, 6) is -0.0301. The van der Waals surface area contributed by atoms with Crippen molar-refractivity contribution >= 4 is 17.6 Å². The van der Waals surface area contributed by atoms with Gasteiger partial charge in [0.15, 0.2) is 0 Å². The standard InChI is InChI=1S/C24H27N5O3/c1-18-21(23(31)29(26(18)2)20-12-7-4-8-13-20)25-24(32)28-15-9-14-27(16-17-28)22(30)19-10-5-3-6-11-19/h3-8,10-13H,9,14-17H2,1-2H3,(H,25,32). The predicted octanol–water partition coefficient (Wildman–Crippen LogP) is 2.86. The van der Waals surface area contributed by atoms with E-state index in [-0.39, 0.29) is 23.2 Å². The number of anilines is 1. The molecule has 0 atom stereocenters. The number of aromatic nitrogens is 2. The molecule has 0 bridgehead atoms. The molecule has 8 heteroatoms. The quantitative estimate of drug-likeness (QED) is 0.690. The van der Waals surface area contributed by atoms with Gasteiger partial charge in [-0.25, -0.2) is 9.48 Å². The second kappa shape index (κ2) is 9.13. The minimum Gasteiger partial charge on any atom is -0.337 e. The largest absolute Gasteiger partial charge is 0.337 e. The Bertz CT molecular complexity index is 1170. The number of para-hydroxylation sites is 1. The molecule has 32 heavy (non-hydrogen) atoms. The molecule has 1 aliphatic rings. The van der Waals surface area contributed by atoms with Crippen molar-refractivity contribution in [2.75, 3.05) is 31.5 Å². The van der Waals surface area contributed by atoms with Crippen molar-refractivity contribution in [2.24, 2.45) is 7.05 Å². The van der Waals surface area contributed by atoms with Gasteiger partial charge < -0.3 is 15.1 Å².